The summed E-state index contributed by atoms with van der Waals surface area (Å²) in [6.07, 6.45) is 5.14. The van der Waals surface area contributed by atoms with E-state index < -0.39 is 0 Å². The van der Waals surface area contributed by atoms with Gasteiger partial charge in [0.2, 0.25) is 0 Å². The van der Waals surface area contributed by atoms with Gasteiger partial charge in [0, 0.05) is 16.1 Å². The van der Waals surface area contributed by atoms with Crippen LogP contribution in [-0.4, -0.2) is 13.2 Å². The summed E-state index contributed by atoms with van der Waals surface area (Å²) in [6, 6.07) is 6.51. The third kappa shape index (κ3) is 4.83. The molecule has 0 fully saturated rings. The normalized spacial score (nSPS) is 12.9. The second-order valence-electron chi connectivity index (χ2n) is 4.24. The highest BCUT2D eigenvalue weighted by Gasteiger charge is 2.11. The van der Waals surface area contributed by atoms with E-state index in [1.165, 1.54) is 5.56 Å². The Balaban J connectivity index is 2.81. The quantitative estimate of drug-likeness (QED) is 0.750. The van der Waals surface area contributed by atoms with Gasteiger partial charge in [-0.1, -0.05) is 41.1 Å². The summed E-state index contributed by atoms with van der Waals surface area (Å²) in [5.41, 5.74) is 1.20. The van der Waals surface area contributed by atoms with Gasteiger partial charge in [-0.25, -0.2) is 0 Å². The molecule has 100 valence electrons. The van der Waals surface area contributed by atoms with Crippen molar-refractivity contribution in [2.75, 3.05) is 13.2 Å². The van der Waals surface area contributed by atoms with Crippen molar-refractivity contribution >= 4 is 15.9 Å². The zero-order valence-corrected chi connectivity index (χ0v) is 13.0. The molecule has 0 heterocycles. The van der Waals surface area contributed by atoms with Gasteiger partial charge in [0.05, 0.1) is 0 Å². The predicted molar refractivity (Wildman–Crippen MR) is 81.2 cm³/mol. The van der Waals surface area contributed by atoms with Crippen molar-refractivity contribution in [3.63, 3.8) is 0 Å². The monoisotopic (exact) mass is 311 g/mol. The minimum Gasteiger partial charge on any atom is -0.489 e. The number of rotatable bonds is 7. The van der Waals surface area contributed by atoms with Gasteiger partial charge < -0.3 is 10.1 Å². The van der Waals surface area contributed by atoms with E-state index in [9.17, 15) is 0 Å². The standard InChI is InChI=1S/C15H22BrNO/c1-4-6-10-18-15-11-13(16)7-8-14(15)12(3)17-9-5-2/h4,6-8,11-12,17H,5,9-10H2,1-3H3/b6-4+. The van der Waals surface area contributed by atoms with Crippen molar-refractivity contribution in [1.29, 1.82) is 0 Å². The van der Waals surface area contributed by atoms with Crippen LogP contribution in [0.2, 0.25) is 0 Å². The third-order valence-corrected chi connectivity index (χ3v) is 3.21. The van der Waals surface area contributed by atoms with Crippen LogP contribution in [0.1, 0.15) is 38.8 Å². The van der Waals surface area contributed by atoms with Crippen LogP contribution >= 0.6 is 15.9 Å². The molecule has 0 bridgehead atoms. The summed E-state index contributed by atoms with van der Waals surface area (Å²) in [4.78, 5) is 0. The number of hydrogen-bond donors (Lipinski definition) is 1. The van der Waals surface area contributed by atoms with Crippen LogP contribution in [-0.2, 0) is 0 Å². The van der Waals surface area contributed by atoms with Gasteiger partial charge in [-0.15, -0.1) is 0 Å². The zero-order chi connectivity index (χ0) is 13.4. The first-order valence-corrected chi connectivity index (χ1v) is 7.25. The lowest BCUT2D eigenvalue weighted by Crippen LogP contribution is -2.20. The summed E-state index contributed by atoms with van der Waals surface area (Å²) in [7, 11) is 0. The maximum absolute atomic E-state index is 5.80. The van der Waals surface area contributed by atoms with Crippen molar-refractivity contribution < 1.29 is 4.74 Å². The van der Waals surface area contributed by atoms with E-state index in [-0.39, 0.29) is 0 Å². The number of nitrogens with one attached hydrogen (secondary N) is 1. The fourth-order valence-corrected chi connectivity index (χ4v) is 2.04. The highest BCUT2D eigenvalue weighted by atomic mass is 79.9. The number of benzene rings is 1. The number of hydrogen-bond acceptors (Lipinski definition) is 2. The largest absolute Gasteiger partial charge is 0.489 e. The van der Waals surface area contributed by atoms with E-state index in [4.69, 9.17) is 4.74 Å². The molecule has 1 atom stereocenters. The first kappa shape index (κ1) is 15.3. The van der Waals surface area contributed by atoms with Gasteiger partial charge >= 0.3 is 0 Å². The van der Waals surface area contributed by atoms with Crippen LogP contribution in [0.3, 0.4) is 0 Å². The SMILES string of the molecule is C/C=C/COc1cc(Br)ccc1C(C)NCCC. The molecule has 3 heteroatoms. The molecule has 18 heavy (non-hydrogen) atoms. The molecule has 1 rings (SSSR count). The summed E-state index contributed by atoms with van der Waals surface area (Å²) in [5, 5.41) is 3.49. The Bertz CT molecular complexity index is 390. The van der Waals surface area contributed by atoms with E-state index in [2.05, 4.69) is 47.2 Å². The lowest BCUT2D eigenvalue weighted by Gasteiger charge is -2.18. The minimum atomic E-state index is 0.304. The molecule has 0 aliphatic heterocycles. The summed E-state index contributed by atoms with van der Waals surface area (Å²) < 4.78 is 6.85. The zero-order valence-electron chi connectivity index (χ0n) is 11.4. The van der Waals surface area contributed by atoms with E-state index in [1.807, 2.05) is 25.1 Å². The average Bonchev–Trinajstić information content (AvgIpc) is 2.36. The van der Waals surface area contributed by atoms with Gasteiger partial charge in [0.1, 0.15) is 12.4 Å². The average molecular weight is 312 g/mol. The molecule has 0 saturated heterocycles. The Morgan fingerprint density at radius 3 is 2.89 bits per heavy atom. The Kier molecular flexibility index (Phi) is 7.06. The molecule has 1 aromatic carbocycles. The molecule has 2 nitrogen and oxygen atoms in total. The van der Waals surface area contributed by atoms with Gasteiger partial charge in [0.25, 0.3) is 0 Å². The molecule has 0 spiro atoms. The van der Waals surface area contributed by atoms with Gasteiger partial charge in [0.15, 0.2) is 0 Å². The van der Waals surface area contributed by atoms with Gasteiger partial charge in [-0.05, 0) is 38.9 Å². The Labute approximate surface area is 119 Å². The Hall–Kier alpha value is -0.800. The van der Waals surface area contributed by atoms with Crippen LogP contribution < -0.4 is 10.1 Å². The summed E-state index contributed by atoms with van der Waals surface area (Å²) in [5.74, 6) is 0.943. The lowest BCUT2D eigenvalue weighted by molar-refractivity contribution is 0.353. The van der Waals surface area contributed by atoms with Gasteiger partial charge in [-0.3, -0.25) is 0 Å². The Morgan fingerprint density at radius 2 is 2.22 bits per heavy atom. The van der Waals surface area contributed by atoms with Crippen molar-refractivity contribution in [2.45, 2.75) is 33.2 Å². The first-order valence-electron chi connectivity index (χ1n) is 6.45. The van der Waals surface area contributed by atoms with E-state index in [0.29, 0.717) is 12.6 Å². The molecule has 0 aromatic heterocycles. The molecule has 1 N–H and O–H groups in total. The van der Waals surface area contributed by atoms with Crippen LogP contribution in [0.25, 0.3) is 0 Å². The summed E-state index contributed by atoms with van der Waals surface area (Å²) in [6.45, 7) is 7.97. The minimum absolute atomic E-state index is 0.304. The molecule has 1 unspecified atom stereocenters. The molecule has 0 saturated carbocycles. The van der Waals surface area contributed by atoms with Crippen LogP contribution in [0.4, 0.5) is 0 Å². The molecule has 0 amide bonds. The van der Waals surface area contributed by atoms with Crippen LogP contribution in [0.15, 0.2) is 34.8 Å². The van der Waals surface area contributed by atoms with E-state index >= 15 is 0 Å². The maximum Gasteiger partial charge on any atom is 0.125 e. The molecule has 0 radical (unpaired) electrons. The van der Waals surface area contributed by atoms with E-state index in [1.54, 1.807) is 0 Å². The fourth-order valence-electron chi connectivity index (χ4n) is 1.70. The molecule has 0 aliphatic rings. The second-order valence-corrected chi connectivity index (χ2v) is 5.15. The number of halogens is 1. The maximum atomic E-state index is 5.80. The number of ether oxygens (including phenoxy) is 1. The third-order valence-electron chi connectivity index (χ3n) is 2.71. The number of allylic oxidation sites excluding steroid dienone is 1. The van der Waals surface area contributed by atoms with Gasteiger partial charge in [-0.2, -0.15) is 0 Å². The lowest BCUT2D eigenvalue weighted by atomic mass is 10.1. The van der Waals surface area contributed by atoms with Crippen molar-refractivity contribution in [3.05, 3.63) is 40.4 Å². The highest BCUT2D eigenvalue weighted by molar-refractivity contribution is 9.10. The van der Waals surface area contributed by atoms with Crippen molar-refractivity contribution in [2.24, 2.45) is 0 Å². The molecule has 1 aromatic rings. The van der Waals surface area contributed by atoms with Crippen LogP contribution in [0.5, 0.6) is 5.75 Å². The molecular weight excluding hydrogens is 290 g/mol. The van der Waals surface area contributed by atoms with E-state index in [0.717, 1.165) is 23.2 Å². The fraction of sp³-hybridized carbons (Fsp3) is 0.467. The second kappa shape index (κ2) is 8.33. The smallest absolute Gasteiger partial charge is 0.125 e. The van der Waals surface area contributed by atoms with Crippen molar-refractivity contribution in [1.82, 2.24) is 5.32 Å². The molecular formula is C15H22BrNO. The Morgan fingerprint density at radius 1 is 1.44 bits per heavy atom. The van der Waals surface area contributed by atoms with Crippen LogP contribution in [0, 0.1) is 0 Å². The first-order chi connectivity index (χ1) is 8.69. The topological polar surface area (TPSA) is 21.3 Å². The van der Waals surface area contributed by atoms with Crippen molar-refractivity contribution in [3.8, 4) is 5.75 Å². The highest BCUT2D eigenvalue weighted by Crippen LogP contribution is 2.28. The molecule has 0 aliphatic carbocycles. The predicted octanol–water partition coefficient (Wildman–Crippen LogP) is 4.46. The summed E-state index contributed by atoms with van der Waals surface area (Å²) >= 11 is 3.49.